The Balaban J connectivity index is 1.10. The second kappa shape index (κ2) is 11.1. The number of amides is 1. The lowest BCUT2D eigenvalue weighted by Crippen LogP contribution is -2.70. The van der Waals surface area contributed by atoms with Crippen LogP contribution >= 0.6 is 13.4 Å². The Hall–Kier alpha value is -1.92. The summed E-state index contributed by atoms with van der Waals surface area (Å²) < 4.78 is 59.0. The molecule has 250 valence electrons. The standard InChI is InChI=1S/C21H27FN10O10P2S2/c22-8-7-1-37-43(34,45)42-13-12-19(31-5-27-9-14(23)25-4-26-15(9)31)40-21(13,2-36-12)3-38-44(35,46)41-11(8)18(39-7)32-6-28-10-16(32)29-20(24)30-17(10)33/h4-8,10-13,16,18-20,29H,1-3,24H2,(H,30,33)(H,34,45)(H,35,46)(H2,23,25,26)/t7-,8+,10?,11-,12-,13+,16?,18-,19-,20?,21-,43?,44?/m1/s1. The number of hydrogen-bond donors (Lipinski definition) is 6. The maximum Gasteiger partial charge on any atom is 0.325 e. The quantitative estimate of drug-likeness (QED) is 0.173. The number of aromatic nitrogens is 4. The fourth-order valence-corrected chi connectivity index (χ4v) is 9.25. The molecule has 0 saturated carbocycles. The van der Waals surface area contributed by atoms with E-state index in [1.54, 1.807) is 4.57 Å². The zero-order valence-corrected chi connectivity index (χ0v) is 26.6. The van der Waals surface area contributed by atoms with Crippen molar-refractivity contribution in [3.8, 4) is 0 Å². The van der Waals surface area contributed by atoms with Gasteiger partial charge in [0.1, 0.15) is 54.3 Å². The van der Waals surface area contributed by atoms with Crippen molar-refractivity contribution in [1.29, 1.82) is 0 Å². The lowest BCUT2D eigenvalue weighted by Gasteiger charge is -2.39. The molecule has 46 heavy (non-hydrogen) atoms. The molecule has 8 heterocycles. The molecule has 5 fully saturated rings. The molecule has 25 heteroatoms. The highest BCUT2D eigenvalue weighted by molar-refractivity contribution is 8.07. The van der Waals surface area contributed by atoms with Gasteiger partial charge in [0, 0.05) is 0 Å². The third-order valence-electron chi connectivity index (χ3n) is 8.47. The Kier molecular flexibility index (Phi) is 7.53. The fourth-order valence-electron chi connectivity index (χ4n) is 6.37. The van der Waals surface area contributed by atoms with Gasteiger partial charge in [-0.2, -0.15) is 0 Å². The van der Waals surface area contributed by atoms with Gasteiger partial charge in [-0.1, -0.05) is 0 Å². The lowest BCUT2D eigenvalue weighted by molar-refractivity contribution is -0.183. The number of nitrogens with two attached hydrogens (primary N) is 2. The molecule has 8 rings (SSSR count). The summed E-state index contributed by atoms with van der Waals surface area (Å²) in [7, 11) is 0. The first kappa shape index (κ1) is 31.4. The van der Waals surface area contributed by atoms with Crippen molar-refractivity contribution in [3.05, 3.63) is 12.7 Å². The Morgan fingerprint density at radius 3 is 2.74 bits per heavy atom. The zero-order chi connectivity index (χ0) is 32.2. The van der Waals surface area contributed by atoms with Gasteiger partial charge in [0.05, 0.1) is 32.5 Å². The number of nitrogen functional groups attached to an aromatic ring is 1. The first-order valence-electron chi connectivity index (χ1n) is 13.8. The van der Waals surface area contributed by atoms with E-state index in [0.29, 0.717) is 11.2 Å². The summed E-state index contributed by atoms with van der Waals surface area (Å²) in [4.78, 5) is 52.9. The monoisotopic (exact) mass is 724 g/mol. The number of halogens is 1. The molecule has 1 amide bonds. The number of aliphatic imine (C=N–C) groups is 1. The minimum Gasteiger partial charge on any atom is -0.382 e. The number of nitrogens with one attached hydrogen (secondary N) is 2. The third kappa shape index (κ3) is 5.09. The van der Waals surface area contributed by atoms with Gasteiger partial charge in [-0.3, -0.25) is 34.5 Å². The van der Waals surface area contributed by atoms with Gasteiger partial charge >= 0.3 is 13.4 Å². The molecule has 5 unspecified atom stereocenters. The van der Waals surface area contributed by atoms with Gasteiger partial charge < -0.3 is 49.0 Å². The van der Waals surface area contributed by atoms with Crippen molar-refractivity contribution < 1.29 is 51.3 Å². The number of ether oxygens (including phenoxy) is 3. The molecule has 6 aliphatic heterocycles. The van der Waals surface area contributed by atoms with Crippen LogP contribution < -0.4 is 22.1 Å². The number of hydrogen-bond acceptors (Lipinski definition) is 18. The van der Waals surface area contributed by atoms with Gasteiger partial charge in [-0.05, 0) is 23.6 Å². The van der Waals surface area contributed by atoms with Crippen LogP contribution in [-0.2, 0) is 60.7 Å². The van der Waals surface area contributed by atoms with Gasteiger partial charge in [0.15, 0.2) is 36.1 Å². The van der Waals surface area contributed by atoms with Gasteiger partial charge in [-0.15, -0.1) is 0 Å². The molecule has 0 radical (unpaired) electrons. The molecular formula is C21H27FN10O10P2S2. The highest BCUT2D eigenvalue weighted by Crippen LogP contribution is 2.58. The number of alkyl halides is 1. The van der Waals surface area contributed by atoms with Crippen LogP contribution in [-0.4, -0.2) is 127 Å². The highest BCUT2D eigenvalue weighted by atomic mass is 32.5. The summed E-state index contributed by atoms with van der Waals surface area (Å²) in [5.74, 6) is -0.314. The lowest BCUT2D eigenvalue weighted by atomic mass is 10.0. The highest BCUT2D eigenvalue weighted by Gasteiger charge is 2.65. The van der Waals surface area contributed by atoms with E-state index >= 15 is 4.39 Å². The summed E-state index contributed by atoms with van der Waals surface area (Å²) in [6.45, 7) is -9.60. The molecule has 5 saturated heterocycles. The number of carbonyl (C=O) groups is 1. The molecular weight excluding hydrogens is 697 g/mol. The van der Waals surface area contributed by atoms with Crippen molar-refractivity contribution >= 4 is 66.3 Å². The van der Waals surface area contributed by atoms with E-state index in [0.717, 1.165) is 0 Å². The van der Waals surface area contributed by atoms with Crippen LogP contribution in [0.3, 0.4) is 0 Å². The van der Waals surface area contributed by atoms with E-state index in [2.05, 4.69) is 30.6 Å². The number of fused-ring (bicyclic) bond motifs is 4. The Bertz CT molecular complexity index is 1710. The Labute approximate surface area is 268 Å². The first-order chi connectivity index (χ1) is 21.8. The molecule has 4 bridgehead atoms. The summed E-state index contributed by atoms with van der Waals surface area (Å²) in [5.41, 5.74) is 11.0. The maximum atomic E-state index is 16.0. The van der Waals surface area contributed by atoms with Crippen LogP contribution in [0.25, 0.3) is 11.2 Å². The minimum absolute atomic E-state index is 0.127. The minimum atomic E-state index is -4.27. The molecule has 20 nitrogen and oxygen atoms in total. The van der Waals surface area contributed by atoms with Crippen molar-refractivity contribution in [2.45, 2.75) is 67.1 Å². The summed E-state index contributed by atoms with van der Waals surface area (Å²) in [5, 5.41) is 5.46. The third-order valence-corrected chi connectivity index (χ3v) is 11.5. The zero-order valence-electron chi connectivity index (χ0n) is 23.2. The molecule has 0 spiro atoms. The van der Waals surface area contributed by atoms with Crippen molar-refractivity contribution in [2.75, 3.05) is 25.6 Å². The fraction of sp³-hybridized carbons (Fsp3) is 0.667. The van der Waals surface area contributed by atoms with Crippen LogP contribution in [0.5, 0.6) is 0 Å². The van der Waals surface area contributed by atoms with E-state index in [9.17, 15) is 14.6 Å². The molecule has 0 aromatic carbocycles. The van der Waals surface area contributed by atoms with Crippen LogP contribution in [0.15, 0.2) is 17.6 Å². The van der Waals surface area contributed by atoms with Crippen molar-refractivity contribution in [2.24, 2.45) is 10.7 Å². The topological polar surface area (TPSA) is 257 Å². The number of carbonyl (C=O) groups excluding carboxylic acids is 1. The molecule has 0 aliphatic carbocycles. The molecule has 8 N–H and O–H groups in total. The van der Waals surface area contributed by atoms with E-state index in [1.165, 1.54) is 23.9 Å². The number of rotatable bonds is 2. The second-order valence-corrected chi connectivity index (χ2v) is 16.9. The molecule has 2 aromatic heterocycles. The largest absolute Gasteiger partial charge is 0.382 e. The molecule has 2 aromatic rings. The summed E-state index contributed by atoms with van der Waals surface area (Å²) >= 11 is 10.7. The number of nitrogens with zero attached hydrogens (tertiary/aromatic N) is 6. The maximum absolute atomic E-state index is 16.0. The smallest absolute Gasteiger partial charge is 0.325 e. The Morgan fingerprint density at radius 1 is 1.11 bits per heavy atom. The number of anilines is 1. The van der Waals surface area contributed by atoms with Crippen LogP contribution in [0.4, 0.5) is 10.2 Å². The van der Waals surface area contributed by atoms with Crippen LogP contribution in [0.2, 0.25) is 0 Å². The van der Waals surface area contributed by atoms with Crippen molar-refractivity contribution in [3.63, 3.8) is 0 Å². The predicted octanol–water partition coefficient (Wildman–Crippen LogP) is -2.61. The SMILES string of the molecule is Nc1ncnc2c1ncn2[C@@H]1O[C@@]23CO[C@@H]1[C@@H]2OP(O)(=S)OC[C@H]1O[C@@H](N2C=NC4C(=O)NC(N)NC42)[C@H](OP(O)(=S)OC3)[C@H]1F. The molecule has 13 atom stereocenters. The van der Waals surface area contributed by atoms with E-state index in [-0.39, 0.29) is 12.4 Å². The van der Waals surface area contributed by atoms with Crippen molar-refractivity contribution in [1.82, 2.24) is 35.1 Å². The Morgan fingerprint density at radius 2 is 1.91 bits per heavy atom. The van der Waals surface area contributed by atoms with Crippen LogP contribution in [0.1, 0.15) is 6.23 Å². The normalized spacial score (nSPS) is 47.2. The van der Waals surface area contributed by atoms with Gasteiger partial charge in [0.2, 0.25) is 0 Å². The molecule has 6 aliphatic rings. The van der Waals surface area contributed by atoms with Gasteiger partial charge in [0.25, 0.3) is 5.91 Å². The van der Waals surface area contributed by atoms with Crippen LogP contribution in [0, 0.1) is 0 Å². The summed E-state index contributed by atoms with van der Waals surface area (Å²) in [6, 6.07) is -0.928. The van der Waals surface area contributed by atoms with E-state index in [4.69, 9.17) is 67.4 Å². The predicted molar refractivity (Wildman–Crippen MR) is 158 cm³/mol. The second-order valence-electron chi connectivity index (χ2n) is 11.3. The average molecular weight is 725 g/mol. The average Bonchev–Trinajstić information content (AvgIpc) is 3.80. The first-order valence-corrected chi connectivity index (χ1v) is 19.0. The van der Waals surface area contributed by atoms with Gasteiger partial charge in [-0.25, -0.2) is 19.3 Å². The van der Waals surface area contributed by atoms with E-state index in [1.807, 2.05) is 0 Å². The summed E-state index contributed by atoms with van der Waals surface area (Å²) in [6.07, 6.45) is -6.98. The van der Waals surface area contributed by atoms with E-state index < -0.39 is 99.7 Å². The number of imidazole rings is 1.